The lowest BCUT2D eigenvalue weighted by Crippen LogP contribution is -2.44. The Morgan fingerprint density at radius 3 is 2.47 bits per heavy atom. The molecular formula is C25H34N4O4S. The Bertz CT molecular complexity index is 1100. The standard InChI is InChI=1S/C25H34N4O4S/c1-4-29(5-2)34(32,33)23-10-6-9-21(16-23)24(30)28-15-7-8-20(18-28)17-26-25(31)27-22-13-11-19(3)12-14-22/h6,9-14,16,20H,4-5,7-8,15,17-18H2,1-3H3,(H2,26,27,31). The predicted molar refractivity (Wildman–Crippen MR) is 133 cm³/mol. The van der Waals surface area contributed by atoms with Crippen LogP contribution in [0, 0.1) is 12.8 Å². The minimum absolute atomic E-state index is 0.129. The van der Waals surface area contributed by atoms with Gasteiger partial charge >= 0.3 is 6.03 Å². The number of piperidine rings is 1. The van der Waals surface area contributed by atoms with Crippen LogP contribution >= 0.6 is 0 Å². The molecular weight excluding hydrogens is 452 g/mol. The molecule has 1 heterocycles. The number of carbonyl (C=O) groups is 2. The molecule has 184 valence electrons. The zero-order valence-electron chi connectivity index (χ0n) is 20.1. The van der Waals surface area contributed by atoms with E-state index in [1.54, 1.807) is 30.9 Å². The van der Waals surface area contributed by atoms with E-state index in [0.717, 1.165) is 24.1 Å². The summed E-state index contributed by atoms with van der Waals surface area (Å²) in [6, 6.07) is 13.6. The highest BCUT2D eigenvalue weighted by molar-refractivity contribution is 7.89. The quantitative estimate of drug-likeness (QED) is 0.594. The highest BCUT2D eigenvalue weighted by Crippen LogP contribution is 2.21. The molecule has 1 unspecified atom stereocenters. The van der Waals surface area contributed by atoms with E-state index in [1.807, 2.05) is 31.2 Å². The normalized spacial score (nSPS) is 16.4. The van der Waals surface area contributed by atoms with Crippen molar-refractivity contribution in [2.45, 2.75) is 38.5 Å². The van der Waals surface area contributed by atoms with Crippen LogP contribution in [-0.4, -0.2) is 62.3 Å². The van der Waals surface area contributed by atoms with Crippen molar-refractivity contribution in [1.29, 1.82) is 0 Å². The number of anilines is 1. The molecule has 0 spiro atoms. The van der Waals surface area contributed by atoms with Crippen molar-refractivity contribution >= 4 is 27.6 Å². The van der Waals surface area contributed by atoms with Crippen molar-refractivity contribution in [3.8, 4) is 0 Å². The largest absolute Gasteiger partial charge is 0.338 e. The Morgan fingerprint density at radius 1 is 1.09 bits per heavy atom. The van der Waals surface area contributed by atoms with Crippen LogP contribution in [0.15, 0.2) is 53.4 Å². The van der Waals surface area contributed by atoms with Gasteiger partial charge in [0.15, 0.2) is 0 Å². The fourth-order valence-corrected chi connectivity index (χ4v) is 5.65. The summed E-state index contributed by atoms with van der Waals surface area (Å²) in [7, 11) is -3.64. The molecule has 34 heavy (non-hydrogen) atoms. The van der Waals surface area contributed by atoms with E-state index in [9.17, 15) is 18.0 Å². The summed E-state index contributed by atoms with van der Waals surface area (Å²) in [4.78, 5) is 27.3. The van der Waals surface area contributed by atoms with Crippen molar-refractivity contribution < 1.29 is 18.0 Å². The number of amides is 3. The summed E-state index contributed by atoms with van der Waals surface area (Å²) in [5, 5.41) is 5.71. The molecule has 1 saturated heterocycles. The molecule has 8 nitrogen and oxygen atoms in total. The van der Waals surface area contributed by atoms with Crippen LogP contribution < -0.4 is 10.6 Å². The number of nitrogens with zero attached hydrogens (tertiary/aromatic N) is 2. The van der Waals surface area contributed by atoms with Gasteiger partial charge in [-0.05, 0) is 56.0 Å². The molecule has 2 aromatic rings. The monoisotopic (exact) mass is 486 g/mol. The summed E-state index contributed by atoms with van der Waals surface area (Å²) in [5.41, 5.74) is 2.20. The third-order valence-electron chi connectivity index (χ3n) is 6.09. The fourth-order valence-electron chi connectivity index (χ4n) is 4.15. The van der Waals surface area contributed by atoms with Crippen molar-refractivity contribution in [2.24, 2.45) is 5.92 Å². The third kappa shape index (κ3) is 6.36. The third-order valence-corrected chi connectivity index (χ3v) is 8.14. The van der Waals surface area contributed by atoms with Crippen LogP contribution in [0.25, 0.3) is 0 Å². The second kappa shape index (κ2) is 11.5. The molecule has 0 saturated carbocycles. The number of hydrogen-bond acceptors (Lipinski definition) is 4. The number of hydrogen-bond donors (Lipinski definition) is 2. The van der Waals surface area contributed by atoms with Crippen molar-refractivity contribution in [2.75, 3.05) is 38.0 Å². The second-order valence-corrected chi connectivity index (χ2v) is 10.5. The van der Waals surface area contributed by atoms with Gasteiger partial charge in [-0.25, -0.2) is 13.2 Å². The fraction of sp³-hybridized carbons (Fsp3) is 0.440. The minimum Gasteiger partial charge on any atom is -0.338 e. The number of urea groups is 1. The first-order valence-corrected chi connectivity index (χ1v) is 13.2. The number of rotatable bonds is 8. The van der Waals surface area contributed by atoms with Gasteiger partial charge in [-0.1, -0.05) is 37.6 Å². The number of aryl methyl sites for hydroxylation is 1. The summed E-state index contributed by atoms with van der Waals surface area (Å²) < 4.78 is 27.1. The smallest absolute Gasteiger partial charge is 0.319 e. The summed E-state index contributed by atoms with van der Waals surface area (Å²) in [6.45, 7) is 7.88. The van der Waals surface area contributed by atoms with Gasteiger partial charge in [-0.3, -0.25) is 4.79 Å². The minimum atomic E-state index is -3.64. The Balaban J connectivity index is 1.60. The maximum absolute atomic E-state index is 13.2. The second-order valence-electron chi connectivity index (χ2n) is 8.58. The lowest BCUT2D eigenvalue weighted by atomic mass is 9.97. The number of benzene rings is 2. The Hall–Kier alpha value is -2.91. The molecule has 0 radical (unpaired) electrons. The average molecular weight is 487 g/mol. The number of nitrogens with one attached hydrogen (secondary N) is 2. The van der Waals surface area contributed by atoms with Crippen molar-refractivity contribution in [3.63, 3.8) is 0 Å². The molecule has 1 aliphatic rings. The Kier molecular flexibility index (Phi) is 8.68. The molecule has 0 bridgehead atoms. The maximum Gasteiger partial charge on any atom is 0.319 e. The number of likely N-dealkylation sites (tertiary alicyclic amines) is 1. The highest BCUT2D eigenvalue weighted by atomic mass is 32.2. The van der Waals surface area contributed by atoms with Crippen LogP contribution in [0.4, 0.5) is 10.5 Å². The van der Waals surface area contributed by atoms with Crippen LogP contribution in [-0.2, 0) is 10.0 Å². The van der Waals surface area contributed by atoms with E-state index >= 15 is 0 Å². The van der Waals surface area contributed by atoms with E-state index in [2.05, 4.69) is 10.6 Å². The van der Waals surface area contributed by atoms with Gasteiger partial charge in [-0.15, -0.1) is 0 Å². The topological polar surface area (TPSA) is 98.8 Å². The lowest BCUT2D eigenvalue weighted by Gasteiger charge is -2.33. The molecule has 9 heteroatoms. The van der Waals surface area contributed by atoms with Crippen LogP contribution in [0.3, 0.4) is 0 Å². The molecule has 2 aromatic carbocycles. The zero-order chi connectivity index (χ0) is 24.7. The van der Waals surface area contributed by atoms with Gasteiger partial charge in [0.2, 0.25) is 10.0 Å². The molecule has 0 aromatic heterocycles. The van der Waals surface area contributed by atoms with Gasteiger partial charge in [0.1, 0.15) is 0 Å². The molecule has 2 N–H and O–H groups in total. The predicted octanol–water partition coefficient (Wildman–Crippen LogP) is 3.70. The first-order valence-electron chi connectivity index (χ1n) is 11.8. The van der Waals surface area contributed by atoms with Crippen LogP contribution in [0.5, 0.6) is 0 Å². The van der Waals surface area contributed by atoms with Gasteiger partial charge < -0.3 is 15.5 Å². The van der Waals surface area contributed by atoms with Crippen LogP contribution in [0.2, 0.25) is 0 Å². The van der Waals surface area contributed by atoms with Gasteiger partial charge in [-0.2, -0.15) is 4.31 Å². The van der Waals surface area contributed by atoms with E-state index < -0.39 is 10.0 Å². The average Bonchev–Trinajstić information content (AvgIpc) is 2.84. The molecule has 1 aliphatic heterocycles. The Morgan fingerprint density at radius 2 is 1.79 bits per heavy atom. The van der Waals surface area contributed by atoms with E-state index in [-0.39, 0.29) is 22.8 Å². The highest BCUT2D eigenvalue weighted by Gasteiger charge is 2.27. The van der Waals surface area contributed by atoms with Crippen molar-refractivity contribution in [3.05, 3.63) is 59.7 Å². The van der Waals surface area contributed by atoms with E-state index in [4.69, 9.17) is 0 Å². The molecule has 1 atom stereocenters. The van der Waals surface area contributed by atoms with E-state index in [0.29, 0.717) is 38.3 Å². The van der Waals surface area contributed by atoms with Gasteiger partial charge in [0.25, 0.3) is 5.91 Å². The summed E-state index contributed by atoms with van der Waals surface area (Å²) >= 11 is 0. The molecule has 3 rings (SSSR count). The molecule has 3 amide bonds. The molecule has 1 fully saturated rings. The van der Waals surface area contributed by atoms with Crippen molar-refractivity contribution in [1.82, 2.24) is 14.5 Å². The summed E-state index contributed by atoms with van der Waals surface area (Å²) in [6.07, 6.45) is 1.74. The lowest BCUT2D eigenvalue weighted by molar-refractivity contribution is 0.0675. The zero-order valence-corrected chi connectivity index (χ0v) is 20.9. The Labute approximate surface area is 202 Å². The summed E-state index contributed by atoms with van der Waals surface area (Å²) in [5.74, 6) is -0.0607. The molecule has 0 aliphatic carbocycles. The number of sulfonamides is 1. The first-order chi connectivity index (χ1) is 16.2. The maximum atomic E-state index is 13.2. The SMILES string of the molecule is CCN(CC)S(=O)(=O)c1cccc(C(=O)N2CCCC(CNC(=O)Nc3ccc(C)cc3)C2)c1. The van der Waals surface area contributed by atoms with E-state index in [1.165, 1.54) is 16.4 Å². The van der Waals surface area contributed by atoms with Gasteiger partial charge in [0, 0.05) is 44.0 Å². The number of carbonyl (C=O) groups excluding carboxylic acids is 2. The van der Waals surface area contributed by atoms with Crippen LogP contribution in [0.1, 0.15) is 42.6 Å². The van der Waals surface area contributed by atoms with Gasteiger partial charge in [0.05, 0.1) is 4.90 Å². The first kappa shape index (κ1) is 25.7.